The average Bonchev–Trinajstić information content (AvgIpc) is 2.73. The molecule has 2 aromatic carbocycles. The topological polar surface area (TPSA) is 76.6 Å². The molecule has 0 saturated carbocycles. The molecule has 0 aliphatic heterocycles. The first-order chi connectivity index (χ1) is 14.5. The molecule has 162 valence electrons. The zero-order chi connectivity index (χ0) is 22.8. The van der Waals surface area contributed by atoms with Crippen LogP contribution in [0.1, 0.15) is 16.1 Å². The van der Waals surface area contributed by atoms with Gasteiger partial charge >= 0.3 is 12.1 Å². The highest BCUT2D eigenvalue weighted by molar-refractivity contribution is 7.92. The first-order valence-corrected chi connectivity index (χ1v) is 10.4. The fourth-order valence-corrected chi connectivity index (χ4v) is 3.99. The summed E-state index contributed by atoms with van der Waals surface area (Å²) in [5.41, 5.74) is -1.02. The van der Waals surface area contributed by atoms with Gasteiger partial charge in [-0.15, -0.1) is 0 Å². The maximum Gasteiger partial charge on any atom is 0.417 e. The Morgan fingerprint density at radius 2 is 1.74 bits per heavy atom. The van der Waals surface area contributed by atoms with Crippen molar-refractivity contribution in [2.45, 2.75) is 11.1 Å². The second-order valence-corrected chi connectivity index (χ2v) is 8.59. The number of anilines is 1. The number of rotatable bonds is 5. The molecule has 0 unspecified atom stereocenters. The summed E-state index contributed by atoms with van der Waals surface area (Å²) in [5, 5.41) is -0.604. The zero-order valence-electron chi connectivity index (χ0n) is 15.8. The molecule has 31 heavy (non-hydrogen) atoms. The molecule has 0 aliphatic rings. The Kier molecular flexibility index (Phi) is 6.23. The van der Waals surface area contributed by atoms with Crippen LogP contribution in [-0.2, 0) is 16.2 Å². The van der Waals surface area contributed by atoms with Crippen LogP contribution in [0.3, 0.4) is 0 Å². The SMILES string of the molecule is CN(c1ccc(OC(=O)c2ccccn2)cc1)S(=O)(=O)c1ccc(Cl)c(C(F)(F)F)c1. The second-order valence-electron chi connectivity index (χ2n) is 6.21. The number of carbonyl (C=O) groups excluding carboxylic acids is 1. The lowest BCUT2D eigenvalue weighted by atomic mass is 10.2. The Balaban J connectivity index is 1.82. The quantitative estimate of drug-likeness (QED) is 0.395. The third-order valence-corrected chi connectivity index (χ3v) is 6.30. The molecule has 3 rings (SSSR count). The molecule has 3 aromatic rings. The van der Waals surface area contributed by atoms with E-state index in [1.807, 2.05) is 0 Å². The maximum atomic E-state index is 13.1. The maximum absolute atomic E-state index is 13.1. The van der Waals surface area contributed by atoms with Crippen LogP contribution in [0.15, 0.2) is 71.8 Å². The van der Waals surface area contributed by atoms with Crippen molar-refractivity contribution in [1.82, 2.24) is 4.98 Å². The van der Waals surface area contributed by atoms with Crippen molar-refractivity contribution >= 4 is 33.3 Å². The molecule has 0 amide bonds. The third kappa shape index (κ3) is 4.97. The third-order valence-electron chi connectivity index (χ3n) is 4.19. The molecule has 11 heteroatoms. The van der Waals surface area contributed by atoms with E-state index in [4.69, 9.17) is 16.3 Å². The highest BCUT2D eigenvalue weighted by Gasteiger charge is 2.35. The summed E-state index contributed by atoms with van der Waals surface area (Å²) >= 11 is 5.56. The molecule has 1 heterocycles. The van der Waals surface area contributed by atoms with Crippen LogP contribution in [0.5, 0.6) is 5.75 Å². The molecular weight excluding hydrogens is 457 g/mol. The van der Waals surface area contributed by atoms with Gasteiger partial charge in [0.1, 0.15) is 11.4 Å². The average molecular weight is 471 g/mol. The minimum Gasteiger partial charge on any atom is -0.422 e. The second kappa shape index (κ2) is 8.56. The van der Waals surface area contributed by atoms with E-state index >= 15 is 0 Å². The van der Waals surface area contributed by atoms with Crippen molar-refractivity contribution in [2.75, 3.05) is 11.4 Å². The number of alkyl halides is 3. The van der Waals surface area contributed by atoms with Gasteiger partial charge in [-0.2, -0.15) is 13.2 Å². The lowest BCUT2D eigenvalue weighted by molar-refractivity contribution is -0.137. The Morgan fingerprint density at radius 3 is 2.32 bits per heavy atom. The van der Waals surface area contributed by atoms with Crippen molar-refractivity contribution in [1.29, 1.82) is 0 Å². The van der Waals surface area contributed by atoms with Gasteiger partial charge in [-0.05, 0) is 54.6 Å². The van der Waals surface area contributed by atoms with Gasteiger partial charge in [0.25, 0.3) is 10.0 Å². The summed E-state index contributed by atoms with van der Waals surface area (Å²) in [5.74, 6) is -0.564. The van der Waals surface area contributed by atoms with Crippen LogP contribution in [0.4, 0.5) is 18.9 Å². The van der Waals surface area contributed by atoms with Crippen LogP contribution in [0, 0.1) is 0 Å². The number of hydrogen-bond donors (Lipinski definition) is 0. The minimum absolute atomic E-state index is 0.0921. The van der Waals surface area contributed by atoms with E-state index in [2.05, 4.69) is 4.98 Å². The molecule has 1 aromatic heterocycles. The zero-order valence-corrected chi connectivity index (χ0v) is 17.4. The van der Waals surface area contributed by atoms with Gasteiger partial charge in [0.15, 0.2) is 0 Å². The van der Waals surface area contributed by atoms with Crippen molar-refractivity contribution in [3.05, 3.63) is 83.1 Å². The van der Waals surface area contributed by atoms with Crippen LogP contribution in [0.2, 0.25) is 5.02 Å². The summed E-state index contributed by atoms with van der Waals surface area (Å²) in [4.78, 5) is 15.3. The summed E-state index contributed by atoms with van der Waals surface area (Å²) in [6.07, 6.45) is -3.37. The van der Waals surface area contributed by atoms with Gasteiger partial charge in [-0.25, -0.2) is 18.2 Å². The molecule has 0 saturated heterocycles. The molecular formula is C20H14ClF3N2O4S. The summed E-state index contributed by atoms with van der Waals surface area (Å²) in [7, 11) is -3.13. The minimum atomic E-state index is -4.81. The molecule has 0 bridgehead atoms. The van der Waals surface area contributed by atoms with Gasteiger partial charge in [0.2, 0.25) is 0 Å². The summed E-state index contributed by atoms with van der Waals surface area (Å²) in [6.45, 7) is 0. The Hall–Kier alpha value is -3.11. The Morgan fingerprint density at radius 1 is 1.06 bits per heavy atom. The van der Waals surface area contributed by atoms with Crippen molar-refractivity contribution in [3.63, 3.8) is 0 Å². The fourth-order valence-electron chi connectivity index (χ4n) is 2.55. The van der Waals surface area contributed by atoms with Crippen molar-refractivity contribution < 1.29 is 31.1 Å². The van der Waals surface area contributed by atoms with Crippen LogP contribution in [-0.4, -0.2) is 26.4 Å². The van der Waals surface area contributed by atoms with Crippen molar-refractivity contribution in [3.8, 4) is 5.75 Å². The number of esters is 1. The lowest BCUT2D eigenvalue weighted by Crippen LogP contribution is -2.27. The normalized spacial score (nSPS) is 11.8. The van der Waals surface area contributed by atoms with Gasteiger partial charge in [-0.1, -0.05) is 17.7 Å². The lowest BCUT2D eigenvalue weighted by Gasteiger charge is -2.20. The predicted octanol–water partition coefficient (Wildman–Crippen LogP) is 4.80. The van der Waals surface area contributed by atoms with Crippen LogP contribution in [0.25, 0.3) is 0 Å². The monoisotopic (exact) mass is 470 g/mol. The van der Waals surface area contributed by atoms with Gasteiger partial charge < -0.3 is 4.74 Å². The number of benzene rings is 2. The Bertz CT molecular complexity index is 1200. The molecule has 6 nitrogen and oxygen atoms in total. The number of nitrogens with zero attached hydrogens (tertiary/aromatic N) is 2. The predicted molar refractivity (Wildman–Crippen MR) is 108 cm³/mol. The highest BCUT2D eigenvalue weighted by atomic mass is 35.5. The molecule has 0 radical (unpaired) electrons. The Labute approximate surface area is 180 Å². The molecule has 0 aliphatic carbocycles. The standard InChI is InChI=1S/C20H14ClF3N2O4S/c1-26(31(28,29)15-9-10-17(21)16(12-15)20(22,23)24)13-5-7-14(8-6-13)30-19(27)18-4-2-3-11-25-18/h2-12H,1H3. The largest absolute Gasteiger partial charge is 0.422 e. The van der Waals surface area contributed by atoms with E-state index in [0.717, 1.165) is 16.4 Å². The molecule has 0 fully saturated rings. The van der Waals surface area contributed by atoms with E-state index in [0.29, 0.717) is 6.07 Å². The molecule has 0 atom stereocenters. The number of pyridine rings is 1. The van der Waals surface area contributed by atoms with E-state index < -0.39 is 37.7 Å². The molecule has 0 spiro atoms. The smallest absolute Gasteiger partial charge is 0.417 e. The number of halogens is 4. The van der Waals surface area contributed by atoms with E-state index in [1.54, 1.807) is 12.1 Å². The van der Waals surface area contributed by atoms with Gasteiger partial charge in [0, 0.05) is 13.2 Å². The first kappa shape index (κ1) is 22.6. The fraction of sp³-hybridized carbons (Fsp3) is 0.100. The summed E-state index contributed by atoms with van der Waals surface area (Å²) in [6, 6.07) is 12.5. The van der Waals surface area contributed by atoms with E-state index in [-0.39, 0.29) is 17.1 Å². The summed E-state index contributed by atoms with van der Waals surface area (Å²) < 4.78 is 70.8. The number of hydrogen-bond acceptors (Lipinski definition) is 5. The van der Waals surface area contributed by atoms with E-state index in [9.17, 15) is 26.4 Å². The molecule has 0 N–H and O–H groups in total. The van der Waals surface area contributed by atoms with E-state index in [1.165, 1.54) is 43.6 Å². The first-order valence-electron chi connectivity index (χ1n) is 8.59. The van der Waals surface area contributed by atoms with Crippen LogP contribution >= 0.6 is 11.6 Å². The number of ether oxygens (including phenoxy) is 1. The number of carbonyl (C=O) groups is 1. The van der Waals surface area contributed by atoms with Crippen molar-refractivity contribution in [2.24, 2.45) is 0 Å². The number of sulfonamides is 1. The van der Waals surface area contributed by atoms with Gasteiger partial charge in [-0.3, -0.25) is 4.31 Å². The van der Waals surface area contributed by atoms with Crippen LogP contribution < -0.4 is 9.04 Å². The number of aromatic nitrogens is 1. The van der Waals surface area contributed by atoms with Gasteiger partial charge in [0.05, 0.1) is 21.2 Å². The highest BCUT2D eigenvalue weighted by Crippen LogP contribution is 2.36.